The van der Waals surface area contributed by atoms with Crippen molar-refractivity contribution < 1.29 is 14.6 Å². The zero-order chi connectivity index (χ0) is 12.1. The molecule has 0 saturated carbocycles. The maximum atomic E-state index is 10.8. The van der Waals surface area contributed by atoms with Gasteiger partial charge in [-0.15, -0.1) is 0 Å². The third kappa shape index (κ3) is 3.15. The van der Waals surface area contributed by atoms with Gasteiger partial charge >= 0.3 is 5.97 Å². The molecule has 0 bridgehead atoms. The lowest BCUT2D eigenvalue weighted by Gasteiger charge is -2.11. The smallest absolute Gasteiger partial charge is 0.337 e. The number of carboxylic acids is 1. The minimum absolute atomic E-state index is 0.0852. The van der Waals surface area contributed by atoms with Gasteiger partial charge < -0.3 is 15.6 Å². The van der Waals surface area contributed by atoms with E-state index in [1.54, 1.807) is 12.1 Å². The van der Waals surface area contributed by atoms with E-state index in [9.17, 15) is 4.79 Å². The molecule has 0 saturated heterocycles. The summed E-state index contributed by atoms with van der Waals surface area (Å²) in [7, 11) is 0. The molecule has 0 unspecified atom stereocenters. The molecule has 3 N–H and O–H groups in total. The molecule has 1 rings (SSSR count). The molecule has 0 radical (unpaired) electrons. The summed E-state index contributed by atoms with van der Waals surface area (Å²) in [5, 5.41) is 8.87. The molecule has 0 aliphatic carbocycles. The summed E-state index contributed by atoms with van der Waals surface area (Å²) in [5.74, 6) is -0.0451. The van der Waals surface area contributed by atoms with Crippen LogP contribution in [-0.2, 0) is 0 Å². The molecule has 0 heterocycles. The van der Waals surface area contributed by atoms with Crippen LogP contribution < -0.4 is 10.5 Å². The van der Waals surface area contributed by atoms with Gasteiger partial charge in [-0.1, -0.05) is 19.9 Å². The minimum Gasteiger partial charge on any atom is -0.491 e. The standard InChI is InChI=1S/C12H17NO3/c1-8(2)6-7-16-10-5-3-4-9(11(10)13)12(14)15/h3-5,8H,6-7,13H2,1-2H3,(H,14,15). The molecular formula is C12H17NO3. The fourth-order valence-corrected chi connectivity index (χ4v) is 1.26. The number of anilines is 1. The third-order valence-electron chi connectivity index (χ3n) is 2.25. The Bertz CT molecular complexity index is 375. The van der Waals surface area contributed by atoms with E-state index in [0.717, 1.165) is 6.42 Å². The quantitative estimate of drug-likeness (QED) is 0.752. The molecule has 4 heteroatoms. The minimum atomic E-state index is -1.04. The van der Waals surface area contributed by atoms with Crippen molar-refractivity contribution in [1.29, 1.82) is 0 Å². The SMILES string of the molecule is CC(C)CCOc1cccc(C(=O)O)c1N. The van der Waals surface area contributed by atoms with Gasteiger partial charge in [-0.3, -0.25) is 0 Å². The summed E-state index contributed by atoms with van der Waals surface area (Å²) >= 11 is 0. The fourth-order valence-electron chi connectivity index (χ4n) is 1.26. The fraction of sp³-hybridized carbons (Fsp3) is 0.417. The summed E-state index contributed by atoms with van der Waals surface area (Å²) in [6, 6.07) is 4.78. The van der Waals surface area contributed by atoms with Crippen LogP contribution in [0.3, 0.4) is 0 Å². The molecule has 88 valence electrons. The van der Waals surface area contributed by atoms with Gasteiger partial charge in [0.2, 0.25) is 0 Å². The van der Waals surface area contributed by atoms with Crippen LogP contribution in [0.1, 0.15) is 30.6 Å². The number of nitrogens with two attached hydrogens (primary N) is 1. The van der Waals surface area contributed by atoms with Crippen molar-refractivity contribution in [2.45, 2.75) is 20.3 Å². The van der Waals surface area contributed by atoms with E-state index < -0.39 is 5.97 Å². The largest absolute Gasteiger partial charge is 0.491 e. The topological polar surface area (TPSA) is 72.5 Å². The molecule has 4 nitrogen and oxygen atoms in total. The van der Waals surface area contributed by atoms with Crippen molar-refractivity contribution in [3.8, 4) is 5.75 Å². The van der Waals surface area contributed by atoms with Crippen LogP contribution >= 0.6 is 0 Å². The Morgan fingerprint density at radius 3 is 2.75 bits per heavy atom. The van der Waals surface area contributed by atoms with Crippen LogP contribution in [0.15, 0.2) is 18.2 Å². The third-order valence-corrected chi connectivity index (χ3v) is 2.25. The Morgan fingerprint density at radius 1 is 1.50 bits per heavy atom. The summed E-state index contributed by atoms with van der Waals surface area (Å²) in [6.07, 6.45) is 0.913. The van der Waals surface area contributed by atoms with Crippen LogP contribution in [0.4, 0.5) is 5.69 Å². The van der Waals surface area contributed by atoms with Crippen LogP contribution in [0, 0.1) is 5.92 Å². The van der Waals surface area contributed by atoms with E-state index in [1.807, 2.05) is 0 Å². The summed E-state index contributed by atoms with van der Waals surface area (Å²) in [6.45, 7) is 4.74. The molecule has 0 atom stereocenters. The second kappa shape index (κ2) is 5.39. The Hall–Kier alpha value is -1.71. The average molecular weight is 223 g/mol. The summed E-state index contributed by atoms with van der Waals surface area (Å²) < 4.78 is 5.45. The molecule has 0 spiro atoms. The molecule has 0 aliphatic rings. The van der Waals surface area contributed by atoms with Gasteiger partial charge in [0.05, 0.1) is 17.9 Å². The first kappa shape index (κ1) is 12.4. The molecule has 0 fully saturated rings. The van der Waals surface area contributed by atoms with Crippen LogP contribution in [-0.4, -0.2) is 17.7 Å². The molecule has 16 heavy (non-hydrogen) atoms. The van der Waals surface area contributed by atoms with E-state index in [4.69, 9.17) is 15.6 Å². The number of benzene rings is 1. The Balaban J connectivity index is 2.73. The first-order valence-electron chi connectivity index (χ1n) is 5.27. The van der Waals surface area contributed by atoms with Crippen molar-refractivity contribution in [2.75, 3.05) is 12.3 Å². The van der Waals surface area contributed by atoms with Crippen molar-refractivity contribution in [3.05, 3.63) is 23.8 Å². The maximum absolute atomic E-state index is 10.8. The molecule has 0 aromatic heterocycles. The number of ether oxygens (including phenoxy) is 1. The zero-order valence-corrected chi connectivity index (χ0v) is 9.56. The number of nitrogen functional groups attached to an aromatic ring is 1. The second-order valence-electron chi connectivity index (χ2n) is 4.05. The monoisotopic (exact) mass is 223 g/mol. The number of hydrogen-bond acceptors (Lipinski definition) is 3. The van der Waals surface area contributed by atoms with Crippen LogP contribution in [0.5, 0.6) is 5.75 Å². The number of carboxylic acid groups (broad SMARTS) is 1. The first-order chi connectivity index (χ1) is 7.52. The van der Waals surface area contributed by atoms with E-state index >= 15 is 0 Å². The first-order valence-corrected chi connectivity index (χ1v) is 5.27. The van der Waals surface area contributed by atoms with E-state index in [1.165, 1.54) is 6.07 Å². The number of para-hydroxylation sites is 1. The normalized spacial score (nSPS) is 10.4. The molecular weight excluding hydrogens is 206 g/mol. The Morgan fingerprint density at radius 2 is 2.19 bits per heavy atom. The molecule has 0 aliphatic heterocycles. The maximum Gasteiger partial charge on any atom is 0.337 e. The van der Waals surface area contributed by atoms with Gasteiger partial charge in [0.1, 0.15) is 5.75 Å². The highest BCUT2D eigenvalue weighted by Gasteiger charge is 2.11. The predicted octanol–water partition coefficient (Wildman–Crippen LogP) is 2.39. The summed E-state index contributed by atoms with van der Waals surface area (Å²) in [5.41, 5.74) is 5.97. The van der Waals surface area contributed by atoms with E-state index in [-0.39, 0.29) is 11.3 Å². The highest BCUT2D eigenvalue weighted by Crippen LogP contribution is 2.25. The highest BCUT2D eigenvalue weighted by atomic mass is 16.5. The number of hydrogen-bond donors (Lipinski definition) is 2. The lowest BCUT2D eigenvalue weighted by molar-refractivity contribution is 0.0697. The Kier molecular flexibility index (Phi) is 4.17. The molecule has 1 aromatic carbocycles. The van der Waals surface area contributed by atoms with E-state index in [2.05, 4.69) is 13.8 Å². The van der Waals surface area contributed by atoms with Gasteiger partial charge in [0.15, 0.2) is 0 Å². The second-order valence-corrected chi connectivity index (χ2v) is 4.05. The zero-order valence-electron chi connectivity index (χ0n) is 9.56. The average Bonchev–Trinajstić information content (AvgIpc) is 2.19. The van der Waals surface area contributed by atoms with Gasteiger partial charge in [0, 0.05) is 0 Å². The lowest BCUT2D eigenvalue weighted by Crippen LogP contribution is -2.07. The highest BCUT2D eigenvalue weighted by molar-refractivity contribution is 5.95. The lowest BCUT2D eigenvalue weighted by atomic mass is 10.1. The number of rotatable bonds is 5. The molecule has 1 aromatic rings. The predicted molar refractivity (Wildman–Crippen MR) is 62.8 cm³/mol. The Labute approximate surface area is 95.0 Å². The van der Waals surface area contributed by atoms with Crippen molar-refractivity contribution >= 4 is 11.7 Å². The van der Waals surface area contributed by atoms with Gasteiger partial charge in [-0.25, -0.2) is 4.79 Å². The molecule has 0 amide bonds. The van der Waals surface area contributed by atoms with Crippen molar-refractivity contribution in [3.63, 3.8) is 0 Å². The van der Waals surface area contributed by atoms with Gasteiger partial charge in [0.25, 0.3) is 0 Å². The summed E-state index contributed by atoms with van der Waals surface area (Å²) in [4.78, 5) is 10.8. The van der Waals surface area contributed by atoms with Crippen molar-refractivity contribution in [1.82, 2.24) is 0 Å². The van der Waals surface area contributed by atoms with Crippen LogP contribution in [0.25, 0.3) is 0 Å². The number of carbonyl (C=O) groups is 1. The van der Waals surface area contributed by atoms with E-state index in [0.29, 0.717) is 18.3 Å². The van der Waals surface area contributed by atoms with Gasteiger partial charge in [-0.05, 0) is 24.5 Å². The van der Waals surface area contributed by atoms with Gasteiger partial charge in [-0.2, -0.15) is 0 Å². The number of aromatic carboxylic acids is 1. The van der Waals surface area contributed by atoms with Crippen LogP contribution in [0.2, 0.25) is 0 Å². The van der Waals surface area contributed by atoms with Crippen molar-refractivity contribution in [2.24, 2.45) is 5.92 Å².